The van der Waals surface area contributed by atoms with Gasteiger partial charge in [-0.25, -0.2) is 9.79 Å². The second-order valence-corrected chi connectivity index (χ2v) is 10.1. The van der Waals surface area contributed by atoms with Crippen LogP contribution in [0.4, 0.5) is 0 Å². The van der Waals surface area contributed by atoms with Crippen molar-refractivity contribution in [3.8, 4) is 17.2 Å². The maximum atomic E-state index is 13.9. The average molecular weight is 601 g/mol. The van der Waals surface area contributed by atoms with Crippen LogP contribution in [0, 0.1) is 0 Å². The van der Waals surface area contributed by atoms with Crippen molar-refractivity contribution in [2.75, 3.05) is 20.8 Å². The van der Waals surface area contributed by atoms with Crippen LogP contribution in [0.15, 0.2) is 61.9 Å². The summed E-state index contributed by atoms with van der Waals surface area (Å²) in [4.78, 5) is 43.7. The van der Waals surface area contributed by atoms with E-state index in [1.165, 1.54) is 25.7 Å². The third-order valence-electron chi connectivity index (χ3n) is 5.76. The van der Waals surface area contributed by atoms with Crippen LogP contribution in [0.25, 0.3) is 6.08 Å². The fraction of sp³-hybridized carbons (Fsp3) is 0.259. The van der Waals surface area contributed by atoms with Gasteiger partial charge in [0.05, 0.1) is 36.6 Å². The normalized spacial score (nSPS) is 15.0. The lowest BCUT2D eigenvalue weighted by molar-refractivity contribution is -0.139. The number of benzene rings is 2. The summed E-state index contributed by atoms with van der Waals surface area (Å²) >= 11 is 4.59. The molecule has 4 rings (SSSR count). The van der Waals surface area contributed by atoms with Crippen LogP contribution in [0.5, 0.6) is 17.2 Å². The Morgan fingerprint density at radius 3 is 2.55 bits per heavy atom. The maximum Gasteiger partial charge on any atom is 0.338 e. The zero-order valence-electron chi connectivity index (χ0n) is 21.4. The highest BCUT2D eigenvalue weighted by Crippen LogP contribution is 2.37. The lowest BCUT2D eigenvalue weighted by atomic mass is 9.95. The molecule has 198 valence electrons. The Kier molecular flexibility index (Phi) is 8.17. The van der Waals surface area contributed by atoms with Crippen molar-refractivity contribution in [1.82, 2.24) is 4.57 Å². The number of nitrogens with zero attached hydrogens (tertiary/aromatic N) is 2. The summed E-state index contributed by atoms with van der Waals surface area (Å²) in [5, 5.41) is 0. The van der Waals surface area contributed by atoms with E-state index in [1.807, 2.05) is 0 Å². The van der Waals surface area contributed by atoms with Gasteiger partial charge in [-0.2, -0.15) is 0 Å². The SMILES string of the molecule is CCOC(=O)C1=C(C)N=c2s/c(=C\c3cc(Br)ccc3OC(C)=O)c(=O)n2[C@@H]1c1ccc(OC)cc1OC. The second kappa shape index (κ2) is 11.4. The highest BCUT2D eigenvalue weighted by molar-refractivity contribution is 9.10. The van der Waals surface area contributed by atoms with Gasteiger partial charge in [0.2, 0.25) is 0 Å². The Morgan fingerprint density at radius 2 is 1.89 bits per heavy atom. The number of hydrogen-bond acceptors (Lipinski definition) is 9. The Balaban J connectivity index is 2.00. The molecule has 2 aromatic carbocycles. The molecule has 0 fully saturated rings. The van der Waals surface area contributed by atoms with E-state index >= 15 is 0 Å². The zero-order chi connectivity index (χ0) is 27.6. The molecule has 0 spiro atoms. The van der Waals surface area contributed by atoms with Gasteiger partial charge >= 0.3 is 11.9 Å². The minimum Gasteiger partial charge on any atom is -0.497 e. The van der Waals surface area contributed by atoms with Crippen LogP contribution in [0.2, 0.25) is 0 Å². The molecular formula is C27H25BrN2O7S. The monoisotopic (exact) mass is 600 g/mol. The first kappa shape index (κ1) is 27.3. The summed E-state index contributed by atoms with van der Waals surface area (Å²) in [7, 11) is 3.05. The van der Waals surface area contributed by atoms with Crippen LogP contribution in [-0.4, -0.2) is 37.3 Å². The van der Waals surface area contributed by atoms with Crippen molar-refractivity contribution in [1.29, 1.82) is 0 Å². The number of aromatic nitrogens is 1. The van der Waals surface area contributed by atoms with Gasteiger partial charge in [-0.15, -0.1) is 0 Å². The minimum absolute atomic E-state index is 0.161. The molecule has 3 aromatic rings. The first-order chi connectivity index (χ1) is 18.2. The number of thiazole rings is 1. The Hall–Kier alpha value is -3.70. The molecule has 1 atom stereocenters. The van der Waals surface area contributed by atoms with E-state index in [0.29, 0.717) is 43.4 Å². The van der Waals surface area contributed by atoms with Crippen LogP contribution in [0.1, 0.15) is 37.9 Å². The first-order valence-corrected chi connectivity index (χ1v) is 13.2. The maximum absolute atomic E-state index is 13.9. The van der Waals surface area contributed by atoms with Crippen molar-refractivity contribution in [3.05, 3.63) is 83.0 Å². The minimum atomic E-state index is -0.858. The van der Waals surface area contributed by atoms with E-state index in [4.69, 9.17) is 18.9 Å². The van der Waals surface area contributed by atoms with Gasteiger partial charge in [-0.3, -0.25) is 14.2 Å². The third kappa shape index (κ3) is 5.30. The molecule has 1 aliphatic rings. The molecule has 0 radical (unpaired) electrons. The zero-order valence-corrected chi connectivity index (χ0v) is 23.8. The number of esters is 2. The summed E-state index contributed by atoms with van der Waals surface area (Å²) in [5.74, 6) is 0.247. The van der Waals surface area contributed by atoms with E-state index in [1.54, 1.807) is 56.3 Å². The molecule has 0 bridgehead atoms. The number of halogens is 1. The van der Waals surface area contributed by atoms with Gasteiger partial charge in [0.25, 0.3) is 5.56 Å². The van der Waals surface area contributed by atoms with E-state index in [2.05, 4.69) is 20.9 Å². The van der Waals surface area contributed by atoms with Crippen molar-refractivity contribution in [2.24, 2.45) is 4.99 Å². The summed E-state index contributed by atoms with van der Waals surface area (Å²) in [6, 6.07) is 9.45. The number of fused-ring (bicyclic) bond motifs is 1. The van der Waals surface area contributed by atoms with Crippen LogP contribution >= 0.6 is 27.3 Å². The second-order valence-electron chi connectivity index (χ2n) is 8.19. The van der Waals surface area contributed by atoms with Gasteiger partial charge in [0.1, 0.15) is 23.3 Å². The van der Waals surface area contributed by atoms with Gasteiger partial charge < -0.3 is 18.9 Å². The Bertz CT molecular complexity index is 1640. The fourth-order valence-corrected chi connectivity index (χ4v) is 5.57. The number of carbonyl (C=O) groups excluding carboxylic acids is 2. The largest absolute Gasteiger partial charge is 0.497 e. The van der Waals surface area contributed by atoms with Gasteiger partial charge in [-0.1, -0.05) is 27.3 Å². The van der Waals surface area contributed by atoms with E-state index in [9.17, 15) is 14.4 Å². The molecule has 0 saturated heterocycles. The molecule has 1 aliphatic heterocycles. The van der Waals surface area contributed by atoms with Crippen LogP contribution in [0.3, 0.4) is 0 Å². The third-order valence-corrected chi connectivity index (χ3v) is 7.24. The molecule has 38 heavy (non-hydrogen) atoms. The molecule has 11 heteroatoms. The highest BCUT2D eigenvalue weighted by atomic mass is 79.9. The Labute approximate surface area is 230 Å². The van der Waals surface area contributed by atoms with Crippen molar-refractivity contribution in [3.63, 3.8) is 0 Å². The number of rotatable bonds is 7. The predicted molar refractivity (Wildman–Crippen MR) is 145 cm³/mol. The molecule has 0 N–H and O–H groups in total. The van der Waals surface area contributed by atoms with Crippen LogP contribution in [-0.2, 0) is 14.3 Å². The van der Waals surface area contributed by atoms with E-state index in [0.717, 1.165) is 15.8 Å². The highest BCUT2D eigenvalue weighted by Gasteiger charge is 2.35. The average Bonchev–Trinajstić information content (AvgIpc) is 3.18. The summed E-state index contributed by atoms with van der Waals surface area (Å²) in [6.45, 7) is 4.89. The van der Waals surface area contributed by atoms with Gasteiger partial charge in [0.15, 0.2) is 4.80 Å². The van der Waals surface area contributed by atoms with E-state index < -0.39 is 18.0 Å². The number of ether oxygens (including phenoxy) is 4. The molecule has 0 aliphatic carbocycles. The van der Waals surface area contributed by atoms with Crippen molar-refractivity contribution in [2.45, 2.75) is 26.8 Å². The van der Waals surface area contributed by atoms with Crippen molar-refractivity contribution < 1.29 is 28.5 Å². The molecule has 0 unspecified atom stereocenters. The standard InChI is InChI=1S/C27H25BrN2O7S/c1-6-36-26(33)23-14(2)29-27-30(24(23)19-9-8-18(34-4)13-21(19)35-5)25(32)22(38-27)12-16-11-17(28)7-10-20(16)37-15(3)31/h7-13,24H,6H2,1-5H3/b22-12-/t24-/m1/s1. The molecule has 0 amide bonds. The van der Waals surface area contributed by atoms with Gasteiger partial charge in [0, 0.05) is 28.6 Å². The first-order valence-electron chi connectivity index (χ1n) is 11.6. The molecule has 2 heterocycles. The van der Waals surface area contributed by atoms with E-state index in [-0.39, 0.29) is 17.7 Å². The number of carbonyl (C=O) groups is 2. The summed E-state index contributed by atoms with van der Waals surface area (Å²) < 4.78 is 24.2. The molecule has 0 saturated carbocycles. The van der Waals surface area contributed by atoms with Crippen molar-refractivity contribution >= 4 is 45.3 Å². The molecular weight excluding hydrogens is 576 g/mol. The smallest absolute Gasteiger partial charge is 0.338 e. The number of allylic oxidation sites excluding steroid dienone is 1. The molecule has 9 nitrogen and oxygen atoms in total. The fourth-order valence-electron chi connectivity index (χ4n) is 4.15. The lowest BCUT2D eigenvalue weighted by Gasteiger charge is -2.26. The van der Waals surface area contributed by atoms with Gasteiger partial charge in [-0.05, 0) is 50.3 Å². The Morgan fingerprint density at radius 1 is 1.13 bits per heavy atom. The summed E-state index contributed by atoms with van der Waals surface area (Å²) in [5.41, 5.74) is 1.39. The van der Waals surface area contributed by atoms with Crippen LogP contribution < -0.4 is 29.1 Å². The predicted octanol–water partition coefficient (Wildman–Crippen LogP) is 3.50. The topological polar surface area (TPSA) is 105 Å². The number of hydrogen-bond donors (Lipinski definition) is 0. The molecule has 1 aromatic heterocycles. The lowest BCUT2D eigenvalue weighted by Crippen LogP contribution is -2.40. The quantitative estimate of drug-likeness (QED) is 0.302. The number of methoxy groups -OCH3 is 2. The summed E-state index contributed by atoms with van der Waals surface area (Å²) in [6.07, 6.45) is 1.64.